The number of fused-ring (bicyclic) bond motifs is 1. The summed E-state index contributed by atoms with van der Waals surface area (Å²) < 4.78 is 7.01. The number of H-pyrrole nitrogens is 1. The van der Waals surface area contributed by atoms with E-state index in [2.05, 4.69) is 47.1 Å². The minimum Gasteiger partial charge on any atom is -0.493 e. The lowest BCUT2D eigenvalue weighted by Gasteiger charge is -2.05. The number of hydrogen-bond acceptors (Lipinski definition) is 4. The lowest BCUT2D eigenvalue weighted by molar-refractivity contribution is -0.120. The van der Waals surface area contributed by atoms with Gasteiger partial charge in [-0.25, -0.2) is 0 Å². The van der Waals surface area contributed by atoms with Crippen LogP contribution in [0.5, 0.6) is 11.6 Å². The fourth-order valence-corrected chi connectivity index (χ4v) is 3.24. The number of ether oxygens (including phenoxy) is 1. The standard InChI is InChI=1S/C16H11Br2N3O3/c17-9-5-6-13(11(18)7-9)24-8-14(22)20-21-15-10-3-1-2-4-12(10)19-16(15)23/h1-7,19,23H,8H2. The molecule has 122 valence electrons. The van der Waals surface area contributed by atoms with Gasteiger partial charge in [0, 0.05) is 9.86 Å². The van der Waals surface area contributed by atoms with E-state index in [9.17, 15) is 9.90 Å². The van der Waals surface area contributed by atoms with Crippen molar-refractivity contribution in [1.82, 2.24) is 4.98 Å². The molecule has 1 heterocycles. The van der Waals surface area contributed by atoms with Gasteiger partial charge in [0.2, 0.25) is 5.88 Å². The maximum Gasteiger partial charge on any atom is 0.302 e. The molecular weight excluding hydrogens is 442 g/mol. The van der Waals surface area contributed by atoms with Crippen LogP contribution in [0.1, 0.15) is 0 Å². The molecule has 24 heavy (non-hydrogen) atoms. The normalized spacial score (nSPS) is 11.2. The Morgan fingerprint density at radius 1 is 1.21 bits per heavy atom. The van der Waals surface area contributed by atoms with Gasteiger partial charge in [-0.1, -0.05) is 34.1 Å². The molecule has 0 aliphatic rings. The number of azo groups is 1. The van der Waals surface area contributed by atoms with E-state index in [1.807, 2.05) is 18.2 Å². The molecule has 0 radical (unpaired) electrons. The molecule has 2 N–H and O–H groups in total. The third kappa shape index (κ3) is 3.65. The first-order chi connectivity index (χ1) is 11.5. The number of carbonyl (C=O) groups excluding carboxylic acids is 1. The number of carbonyl (C=O) groups is 1. The van der Waals surface area contributed by atoms with Crippen molar-refractivity contribution in [2.45, 2.75) is 0 Å². The van der Waals surface area contributed by atoms with Crippen LogP contribution >= 0.6 is 31.9 Å². The molecule has 2 aromatic carbocycles. The minimum absolute atomic E-state index is 0.135. The van der Waals surface area contributed by atoms with Crippen molar-refractivity contribution >= 4 is 54.4 Å². The van der Waals surface area contributed by atoms with Crippen molar-refractivity contribution < 1.29 is 14.6 Å². The third-order valence-electron chi connectivity index (χ3n) is 3.17. The zero-order chi connectivity index (χ0) is 17.1. The fourth-order valence-electron chi connectivity index (χ4n) is 2.08. The quantitative estimate of drug-likeness (QED) is 0.540. The van der Waals surface area contributed by atoms with E-state index in [-0.39, 0.29) is 18.2 Å². The summed E-state index contributed by atoms with van der Waals surface area (Å²) >= 11 is 6.68. The summed E-state index contributed by atoms with van der Waals surface area (Å²) in [5.74, 6) is -0.171. The summed E-state index contributed by atoms with van der Waals surface area (Å²) in [4.78, 5) is 14.6. The van der Waals surface area contributed by atoms with E-state index in [0.29, 0.717) is 16.7 Å². The van der Waals surface area contributed by atoms with Gasteiger partial charge in [0.25, 0.3) is 0 Å². The Morgan fingerprint density at radius 3 is 2.79 bits per heavy atom. The summed E-state index contributed by atoms with van der Waals surface area (Å²) in [5, 5.41) is 18.0. The second-order valence-electron chi connectivity index (χ2n) is 4.82. The lowest BCUT2D eigenvalue weighted by atomic mass is 10.2. The van der Waals surface area contributed by atoms with Gasteiger partial charge in [-0.2, -0.15) is 0 Å². The molecule has 0 aliphatic carbocycles. The first kappa shape index (κ1) is 16.7. The number of benzene rings is 2. The highest BCUT2D eigenvalue weighted by molar-refractivity contribution is 9.11. The maximum absolute atomic E-state index is 11.8. The molecule has 0 atom stereocenters. The Balaban J connectivity index is 1.70. The fraction of sp³-hybridized carbons (Fsp3) is 0.0625. The number of aromatic nitrogens is 1. The summed E-state index contributed by atoms with van der Waals surface area (Å²) in [5.41, 5.74) is 0.940. The maximum atomic E-state index is 11.8. The number of nitrogens with one attached hydrogen (secondary N) is 1. The molecule has 0 saturated heterocycles. The van der Waals surface area contributed by atoms with E-state index in [4.69, 9.17) is 4.74 Å². The molecule has 3 rings (SSSR count). The van der Waals surface area contributed by atoms with Crippen LogP contribution in [0.25, 0.3) is 10.9 Å². The molecule has 0 bridgehead atoms. The molecule has 8 heteroatoms. The van der Waals surface area contributed by atoms with Crippen LogP contribution in [-0.2, 0) is 4.79 Å². The number of aromatic hydroxyl groups is 1. The molecule has 1 amide bonds. The van der Waals surface area contributed by atoms with Crippen LogP contribution in [-0.4, -0.2) is 22.6 Å². The largest absolute Gasteiger partial charge is 0.493 e. The van der Waals surface area contributed by atoms with Crippen molar-refractivity contribution in [1.29, 1.82) is 0 Å². The Bertz CT molecular complexity index is 937. The lowest BCUT2D eigenvalue weighted by Crippen LogP contribution is -2.08. The van der Waals surface area contributed by atoms with E-state index in [1.54, 1.807) is 24.3 Å². The molecule has 0 fully saturated rings. The van der Waals surface area contributed by atoms with Gasteiger partial charge in [0.05, 0.1) is 9.99 Å². The van der Waals surface area contributed by atoms with Crippen LogP contribution in [0.2, 0.25) is 0 Å². The van der Waals surface area contributed by atoms with Crippen LogP contribution in [0.4, 0.5) is 5.69 Å². The number of nitrogens with zero attached hydrogens (tertiary/aromatic N) is 2. The molecular formula is C16H11Br2N3O3. The average Bonchev–Trinajstić information content (AvgIpc) is 2.87. The Kier molecular flexibility index (Phi) is 4.96. The SMILES string of the molecule is O=C(COc1ccc(Br)cc1Br)N=Nc1c(O)[nH]c2ccccc12. The van der Waals surface area contributed by atoms with Gasteiger partial charge in [-0.3, -0.25) is 4.79 Å². The molecule has 0 saturated carbocycles. The number of rotatable bonds is 4. The van der Waals surface area contributed by atoms with E-state index in [0.717, 1.165) is 8.95 Å². The first-order valence-electron chi connectivity index (χ1n) is 6.86. The van der Waals surface area contributed by atoms with Gasteiger partial charge in [-0.05, 0) is 40.2 Å². The van der Waals surface area contributed by atoms with E-state index in [1.165, 1.54) is 0 Å². The van der Waals surface area contributed by atoms with Gasteiger partial charge < -0.3 is 14.8 Å². The molecule has 0 spiro atoms. The van der Waals surface area contributed by atoms with Gasteiger partial charge in [0.15, 0.2) is 12.3 Å². The molecule has 1 aromatic heterocycles. The minimum atomic E-state index is -0.561. The molecule has 0 unspecified atom stereocenters. The highest BCUT2D eigenvalue weighted by Crippen LogP contribution is 2.35. The van der Waals surface area contributed by atoms with E-state index < -0.39 is 5.91 Å². The zero-order valence-electron chi connectivity index (χ0n) is 12.2. The molecule has 3 aromatic rings. The van der Waals surface area contributed by atoms with Crippen molar-refractivity contribution in [2.24, 2.45) is 10.2 Å². The Labute approximate surface area is 153 Å². The third-order valence-corrected chi connectivity index (χ3v) is 4.28. The topological polar surface area (TPSA) is 87.0 Å². The highest BCUT2D eigenvalue weighted by Gasteiger charge is 2.11. The smallest absolute Gasteiger partial charge is 0.302 e. The average molecular weight is 453 g/mol. The summed E-state index contributed by atoms with van der Waals surface area (Å²) in [7, 11) is 0. The summed E-state index contributed by atoms with van der Waals surface area (Å²) in [6.07, 6.45) is 0. The monoisotopic (exact) mass is 451 g/mol. The predicted octanol–water partition coefficient (Wildman–Crippen LogP) is 5.09. The number of hydrogen-bond donors (Lipinski definition) is 2. The number of amides is 1. The van der Waals surface area contributed by atoms with Crippen molar-refractivity contribution in [3.05, 3.63) is 51.4 Å². The van der Waals surface area contributed by atoms with Crippen molar-refractivity contribution in [2.75, 3.05) is 6.61 Å². The van der Waals surface area contributed by atoms with Crippen molar-refractivity contribution in [3.63, 3.8) is 0 Å². The highest BCUT2D eigenvalue weighted by atomic mass is 79.9. The number of aromatic amines is 1. The van der Waals surface area contributed by atoms with Gasteiger partial charge in [0.1, 0.15) is 5.75 Å². The Morgan fingerprint density at radius 2 is 2.00 bits per heavy atom. The zero-order valence-corrected chi connectivity index (χ0v) is 15.3. The van der Waals surface area contributed by atoms with Crippen LogP contribution < -0.4 is 4.74 Å². The van der Waals surface area contributed by atoms with Gasteiger partial charge >= 0.3 is 5.91 Å². The number of halogens is 2. The van der Waals surface area contributed by atoms with Crippen LogP contribution in [0, 0.1) is 0 Å². The van der Waals surface area contributed by atoms with Crippen molar-refractivity contribution in [3.8, 4) is 11.6 Å². The van der Waals surface area contributed by atoms with Gasteiger partial charge in [-0.15, -0.1) is 10.2 Å². The second kappa shape index (κ2) is 7.14. The van der Waals surface area contributed by atoms with Crippen LogP contribution in [0.15, 0.2) is 61.6 Å². The Hall–Kier alpha value is -2.19. The molecule has 6 nitrogen and oxygen atoms in total. The second-order valence-corrected chi connectivity index (χ2v) is 6.59. The molecule has 0 aliphatic heterocycles. The predicted molar refractivity (Wildman–Crippen MR) is 96.8 cm³/mol. The number of para-hydroxylation sites is 1. The van der Waals surface area contributed by atoms with E-state index >= 15 is 0 Å². The first-order valence-corrected chi connectivity index (χ1v) is 8.45. The summed E-state index contributed by atoms with van der Waals surface area (Å²) in [6.45, 7) is -0.257. The van der Waals surface area contributed by atoms with Crippen LogP contribution in [0.3, 0.4) is 0 Å². The summed E-state index contributed by atoms with van der Waals surface area (Å²) in [6, 6.07) is 12.5.